The molecule has 0 spiro atoms. The number of carbonyl (C=O) groups is 1. The van der Waals surface area contributed by atoms with Crippen molar-refractivity contribution >= 4 is 11.8 Å². The summed E-state index contributed by atoms with van der Waals surface area (Å²) < 4.78 is 51.3. The third kappa shape index (κ3) is 5.80. The second-order valence-electron chi connectivity index (χ2n) is 10.9. The Balaban J connectivity index is 1.44. The number of nitrogens with zero attached hydrogens (tertiary/aromatic N) is 5. The molecule has 2 N–H and O–H groups in total. The summed E-state index contributed by atoms with van der Waals surface area (Å²) in [7, 11) is 3.40. The third-order valence-corrected chi connectivity index (χ3v) is 7.99. The number of aromatic nitrogens is 4. The number of amides is 2. The van der Waals surface area contributed by atoms with Crippen molar-refractivity contribution in [1.29, 1.82) is 0 Å². The van der Waals surface area contributed by atoms with Gasteiger partial charge in [0.1, 0.15) is 23.0 Å². The highest BCUT2D eigenvalue weighted by Gasteiger charge is 2.45. The minimum absolute atomic E-state index is 0.176. The van der Waals surface area contributed by atoms with Gasteiger partial charge in [0.05, 0.1) is 12.8 Å². The third-order valence-electron chi connectivity index (χ3n) is 7.99. The summed E-state index contributed by atoms with van der Waals surface area (Å²) in [6.45, 7) is 5.88. The normalized spacial score (nSPS) is 22.9. The molecule has 3 aromatic rings. The molecule has 218 valence electrons. The fourth-order valence-electron chi connectivity index (χ4n) is 5.76. The van der Waals surface area contributed by atoms with E-state index in [2.05, 4.69) is 25.7 Å². The number of carbonyl (C=O) groups excluding carboxylic acids is 1. The van der Waals surface area contributed by atoms with Crippen LogP contribution < -0.4 is 10.6 Å². The van der Waals surface area contributed by atoms with Gasteiger partial charge in [0.25, 0.3) is 0 Å². The fraction of sp³-hybridized carbons (Fsp3) is 0.414. The van der Waals surface area contributed by atoms with Gasteiger partial charge in [-0.05, 0) is 43.0 Å². The number of hydrogen-bond acceptors (Lipinski definition) is 5. The number of allylic oxidation sites excluding steroid dienone is 4. The molecule has 1 aromatic carbocycles. The van der Waals surface area contributed by atoms with E-state index in [-0.39, 0.29) is 17.6 Å². The summed E-state index contributed by atoms with van der Waals surface area (Å²) in [5.74, 6) is -2.15. The summed E-state index contributed by atoms with van der Waals surface area (Å²) in [5, 5.41) is 14.8. The van der Waals surface area contributed by atoms with E-state index in [9.17, 15) is 18.0 Å². The predicted molar refractivity (Wildman–Crippen MR) is 149 cm³/mol. The maximum atomic E-state index is 14.9. The number of rotatable bonds is 8. The molecule has 1 aliphatic heterocycles. The smallest absolute Gasteiger partial charge is 0.320 e. The van der Waals surface area contributed by atoms with Gasteiger partial charge in [0.2, 0.25) is 0 Å². The zero-order chi connectivity index (χ0) is 29.3. The van der Waals surface area contributed by atoms with Crippen molar-refractivity contribution in [2.24, 2.45) is 18.4 Å². The van der Waals surface area contributed by atoms with E-state index in [0.29, 0.717) is 55.3 Å². The number of ether oxygens (including phenoxy) is 1. The summed E-state index contributed by atoms with van der Waals surface area (Å²) in [5.41, 5.74) is 1.36. The molecule has 3 heterocycles. The van der Waals surface area contributed by atoms with Crippen LogP contribution in [0.4, 0.5) is 23.8 Å². The van der Waals surface area contributed by atoms with Gasteiger partial charge < -0.3 is 10.1 Å². The molecule has 5 rings (SSSR count). The van der Waals surface area contributed by atoms with Crippen LogP contribution in [0.1, 0.15) is 18.9 Å². The molecular weight excluding hydrogens is 535 g/mol. The van der Waals surface area contributed by atoms with E-state index in [1.807, 2.05) is 6.92 Å². The molecule has 1 aliphatic carbocycles. The number of aryl methyl sites for hydroxylation is 1. The molecule has 0 bridgehead atoms. The Morgan fingerprint density at radius 1 is 1.20 bits per heavy atom. The quantitative estimate of drug-likeness (QED) is 0.403. The van der Waals surface area contributed by atoms with Gasteiger partial charge in [-0.15, -0.1) is 0 Å². The van der Waals surface area contributed by atoms with E-state index in [1.165, 1.54) is 22.9 Å². The number of nitrogens with one attached hydrogen (secondary N) is 2. The van der Waals surface area contributed by atoms with Crippen LogP contribution in [0.5, 0.6) is 0 Å². The minimum atomic E-state index is -0.885. The fourth-order valence-corrected chi connectivity index (χ4v) is 5.76. The summed E-state index contributed by atoms with van der Waals surface area (Å²) in [6, 6.07) is 5.28. The van der Waals surface area contributed by atoms with Crippen LogP contribution in [-0.2, 0) is 11.8 Å². The van der Waals surface area contributed by atoms with Crippen LogP contribution in [0.15, 0.2) is 60.5 Å². The van der Waals surface area contributed by atoms with Crippen LogP contribution in [0.25, 0.3) is 16.9 Å². The maximum Gasteiger partial charge on any atom is 0.320 e. The Morgan fingerprint density at radius 2 is 1.98 bits per heavy atom. The van der Waals surface area contributed by atoms with Gasteiger partial charge in [-0.2, -0.15) is 10.2 Å². The highest BCUT2D eigenvalue weighted by molar-refractivity contribution is 5.91. The number of benzene rings is 1. The lowest BCUT2D eigenvalue weighted by Crippen LogP contribution is -2.47. The number of methoxy groups -OCH3 is 1. The summed E-state index contributed by atoms with van der Waals surface area (Å²) in [4.78, 5) is 15.7. The number of anilines is 1. The zero-order valence-electron chi connectivity index (χ0n) is 23.5. The molecule has 1 fully saturated rings. The molecule has 1 saturated heterocycles. The second-order valence-corrected chi connectivity index (χ2v) is 10.9. The SMILES string of the molecule is COCCN1C[C@@H](C2(C)C=C(F)C(F)=CC2)[C@H](NC(=O)Nc2c(C)c(-c3cnn(C)c3)nn2-c2ccccc2F)C1. The first kappa shape index (κ1) is 28.6. The first-order valence-corrected chi connectivity index (χ1v) is 13.5. The highest BCUT2D eigenvalue weighted by Crippen LogP contribution is 2.44. The van der Waals surface area contributed by atoms with Gasteiger partial charge >= 0.3 is 6.03 Å². The van der Waals surface area contributed by atoms with E-state index in [1.54, 1.807) is 56.4 Å². The topological polar surface area (TPSA) is 89.2 Å². The van der Waals surface area contributed by atoms with Gasteiger partial charge in [-0.1, -0.05) is 19.1 Å². The molecule has 41 heavy (non-hydrogen) atoms. The molecule has 0 saturated carbocycles. The lowest BCUT2D eigenvalue weighted by atomic mass is 9.70. The lowest BCUT2D eigenvalue weighted by Gasteiger charge is -2.37. The maximum absolute atomic E-state index is 14.9. The Labute approximate surface area is 236 Å². The van der Waals surface area contributed by atoms with Crippen LogP contribution in [0.2, 0.25) is 0 Å². The van der Waals surface area contributed by atoms with Crippen LogP contribution in [0.3, 0.4) is 0 Å². The highest BCUT2D eigenvalue weighted by atomic mass is 19.2. The first-order valence-electron chi connectivity index (χ1n) is 13.5. The number of likely N-dealkylation sites (tertiary alicyclic amines) is 1. The van der Waals surface area contributed by atoms with Crippen LogP contribution >= 0.6 is 0 Å². The molecule has 9 nitrogen and oxygen atoms in total. The van der Waals surface area contributed by atoms with Crippen molar-refractivity contribution in [2.75, 3.05) is 38.7 Å². The Morgan fingerprint density at radius 3 is 2.66 bits per heavy atom. The standard InChI is InChI=1S/C29H34F3N7O2/c1-18-26(19-14-33-37(3)15-19)36-39(25-8-6-5-7-22(25)31)27(18)35-28(40)34-24-17-38(11-12-41-4)16-20(24)29(2)10-9-21(30)23(32)13-29/h5-9,13-15,20,24H,10-12,16-17H2,1-4H3,(H2,34,35,40)/t20-,24-,29?/m1/s1. The van der Waals surface area contributed by atoms with Gasteiger partial charge in [-0.25, -0.2) is 22.6 Å². The van der Waals surface area contributed by atoms with Crippen molar-refractivity contribution in [1.82, 2.24) is 29.8 Å². The second kappa shape index (κ2) is 11.5. The van der Waals surface area contributed by atoms with Crippen molar-refractivity contribution in [3.05, 3.63) is 71.8 Å². The monoisotopic (exact) mass is 569 g/mol. The minimum Gasteiger partial charge on any atom is -0.383 e. The molecule has 2 amide bonds. The van der Waals surface area contributed by atoms with Crippen LogP contribution in [0, 0.1) is 24.1 Å². The van der Waals surface area contributed by atoms with E-state index in [0.717, 1.165) is 0 Å². The predicted octanol–water partition coefficient (Wildman–Crippen LogP) is 4.91. The Bertz CT molecular complexity index is 1500. The molecule has 0 radical (unpaired) electrons. The van der Waals surface area contributed by atoms with Crippen molar-refractivity contribution in [3.63, 3.8) is 0 Å². The number of halogens is 3. The average Bonchev–Trinajstić information content (AvgIpc) is 3.63. The van der Waals surface area contributed by atoms with Crippen molar-refractivity contribution in [2.45, 2.75) is 26.3 Å². The van der Waals surface area contributed by atoms with Crippen molar-refractivity contribution < 1.29 is 22.7 Å². The molecule has 1 unspecified atom stereocenters. The number of para-hydroxylation sites is 1. The van der Waals surface area contributed by atoms with E-state index >= 15 is 0 Å². The molecule has 3 atom stereocenters. The first-order chi connectivity index (χ1) is 19.6. The van der Waals surface area contributed by atoms with Gasteiger partial charge in [0.15, 0.2) is 11.7 Å². The zero-order valence-corrected chi connectivity index (χ0v) is 23.5. The molecule has 12 heteroatoms. The van der Waals surface area contributed by atoms with Gasteiger partial charge in [0, 0.05) is 63.1 Å². The molecule has 2 aromatic heterocycles. The van der Waals surface area contributed by atoms with Crippen LogP contribution in [-0.4, -0.2) is 69.9 Å². The Hall–Kier alpha value is -3.90. The molecule has 2 aliphatic rings. The number of urea groups is 1. The van der Waals surface area contributed by atoms with E-state index in [4.69, 9.17) is 4.74 Å². The summed E-state index contributed by atoms with van der Waals surface area (Å²) >= 11 is 0. The number of hydrogen-bond donors (Lipinski definition) is 2. The largest absolute Gasteiger partial charge is 0.383 e. The van der Waals surface area contributed by atoms with Gasteiger partial charge in [-0.3, -0.25) is 14.9 Å². The lowest BCUT2D eigenvalue weighted by molar-refractivity contribution is 0.152. The van der Waals surface area contributed by atoms with Crippen molar-refractivity contribution in [3.8, 4) is 16.9 Å². The van der Waals surface area contributed by atoms with E-state index < -0.39 is 28.9 Å². The molecular formula is C29H34F3N7O2. The summed E-state index contributed by atoms with van der Waals surface area (Å²) in [6.07, 6.45) is 6.34. The average molecular weight is 570 g/mol. The Kier molecular flexibility index (Phi) is 8.05.